The Hall–Kier alpha value is -1.33. The summed E-state index contributed by atoms with van der Waals surface area (Å²) < 4.78 is 12.9. The summed E-state index contributed by atoms with van der Waals surface area (Å²) in [5.41, 5.74) is 0.923. The first-order chi connectivity index (χ1) is 7.26. The average molecular weight is 205 g/mol. The van der Waals surface area contributed by atoms with Crippen molar-refractivity contribution in [3.8, 4) is 12.3 Å². The van der Waals surface area contributed by atoms with E-state index in [9.17, 15) is 4.39 Å². The molecular weight excluding hydrogens is 189 g/mol. The van der Waals surface area contributed by atoms with E-state index in [2.05, 4.69) is 18.2 Å². The number of hydrogen-bond donors (Lipinski definition) is 1. The highest BCUT2D eigenvalue weighted by Gasteiger charge is 2.02. The van der Waals surface area contributed by atoms with E-state index >= 15 is 0 Å². The first kappa shape index (κ1) is 11.7. The van der Waals surface area contributed by atoms with E-state index in [1.807, 2.05) is 6.07 Å². The van der Waals surface area contributed by atoms with Gasteiger partial charge in [-0.05, 0) is 24.1 Å². The Labute approximate surface area is 90.7 Å². The van der Waals surface area contributed by atoms with E-state index in [-0.39, 0.29) is 11.9 Å². The number of halogens is 1. The molecule has 1 rings (SSSR count). The number of benzene rings is 1. The number of rotatable bonds is 5. The molecule has 0 aliphatic rings. The maximum atomic E-state index is 12.9. The van der Waals surface area contributed by atoms with Gasteiger partial charge in [0.25, 0.3) is 0 Å². The molecule has 0 fully saturated rings. The molecule has 0 radical (unpaired) electrons. The van der Waals surface area contributed by atoms with Crippen molar-refractivity contribution in [1.29, 1.82) is 0 Å². The van der Waals surface area contributed by atoms with Crippen molar-refractivity contribution in [2.75, 3.05) is 0 Å². The summed E-state index contributed by atoms with van der Waals surface area (Å²) >= 11 is 0. The van der Waals surface area contributed by atoms with Gasteiger partial charge in [0.1, 0.15) is 5.82 Å². The van der Waals surface area contributed by atoms with Gasteiger partial charge >= 0.3 is 0 Å². The summed E-state index contributed by atoms with van der Waals surface area (Å²) in [6.07, 6.45) is 7.36. The van der Waals surface area contributed by atoms with E-state index in [1.165, 1.54) is 12.1 Å². The molecule has 15 heavy (non-hydrogen) atoms. The predicted octanol–water partition coefficient (Wildman–Crippen LogP) is 2.72. The van der Waals surface area contributed by atoms with Crippen LogP contribution in [0, 0.1) is 18.2 Å². The molecule has 1 nitrogen and oxygen atoms in total. The molecule has 1 atom stereocenters. The fraction of sp³-hybridized carbons (Fsp3) is 0.385. The molecule has 0 bridgehead atoms. The van der Waals surface area contributed by atoms with Crippen molar-refractivity contribution in [2.45, 2.75) is 32.4 Å². The lowest BCUT2D eigenvalue weighted by Crippen LogP contribution is -2.26. The zero-order valence-corrected chi connectivity index (χ0v) is 8.96. The van der Waals surface area contributed by atoms with E-state index in [0.717, 1.165) is 18.4 Å². The van der Waals surface area contributed by atoms with Crippen molar-refractivity contribution < 1.29 is 4.39 Å². The fourth-order valence-corrected chi connectivity index (χ4v) is 1.42. The molecule has 0 aliphatic heterocycles. The lowest BCUT2D eigenvalue weighted by atomic mass is 10.1. The van der Waals surface area contributed by atoms with Gasteiger partial charge in [0.15, 0.2) is 0 Å². The van der Waals surface area contributed by atoms with Crippen molar-refractivity contribution in [1.82, 2.24) is 5.32 Å². The molecule has 0 saturated carbocycles. The third-order valence-corrected chi connectivity index (χ3v) is 2.22. The van der Waals surface area contributed by atoms with Crippen LogP contribution in [0.25, 0.3) is 0 Å². The Morgan fingerprint density at radius 2 is 2.33 bits per heavy atom. The minimum absolute atomic E-state index is 0.0817. The molecule has 0 amide bonds. The summed E-state index contributed by atoms with van der Waals surface area (Å²) in [5, 5.41) is 3.21. The highest BCUT2D eigenvalue weighted by molar-refractivity contribution is 5.16. The van der Waals surface area contributed by atoms with Gasteiger partial charge in [-0.1, -0.05) is 31.4 Å². The van der Waals surface area contributed by atoms with Crippen LogP contribution in [0.3, 0.4) is 0 Å². The van der Waals surface area contributed by atoms with Gasteiger partial charge in [-0.2, -0.15) is 0 Å². The summed E-state index contributed by atoms with van der Waals surface area (Å²) in [4.78, 5) is 0. The second-order valence-corrected chi connectivity index (χ2v) is 3.52. The maximum absolute atomic E-state index is 12.9. The van der Waals surface area contributed by atoms with Crippen LogP contribution in [0.15, 0.2) is 24.3 Å². The normalized spacial score (nSPS) is 12.1. The lowest BCUT2D eigenvalue weighted by Gasteiger charge is -2.11. The monoisotopic (exact) mass is 205 g/mol. The average Bonchev–Trinajstić information content (AvgIpc) is 2.24. The van der Waals surface area contributed by atoms with Crippen molar-refractivity contribution in [3.63, 3.8) is 0 Å². The second kappa shape index (κ2) is 6.21. The Bertz CT molecular complexity index is 341. The molecule has 0 heterocycles. The molecule has 0 aliphatic carbocycles. The molecule has 80 valence electrons. The van der Waals surface area contributed by atoms with Gasteiger partial charge in [-0.15, -0.1) is 6.42 Å². The quantitative estimate of drug-likeness (QED) is 0.729. The van der Waals surface area contributed by atoms with E-state index in [1.54, 1.807) is 6.07 Å². The molecule has 1 unspecified atom stereocenters. The van der Waals surface area contributed by atoms with Gasteiger partial charge < -0.3 is 0 Å². The molecule has 0 saturated heterocycles. The van der Waals surface area contributed by atoms with Gasteiger partial charge in [-0.25, -0.2) is 4.39 Å². The molecule has 1 N–H and O–H groups in total. The van der Waals surface area contributed by atoms with Crippen LogP contribution in [0.5, 0.6) is 0 Å². The Balaban J connectivity index is 2.46. The maximum Gasteiger partial charge on any atom is 0.123 e. The van der Waals surface area contributed by atoms with Crippen LogP contribution in [0.4, 0.5) is 4.39 Å². The Kier molecular flexibility index (Phi) is 4.86. The molecule has 0 spiro atoms. The highest BCUT2D eigenvalue weighted by atomic mass is 19.1. The lowest BCUT2D eigenvalue weighted by molar-refractivity contribution is 0.559. The van der Waals surface area contributed by atoms with Crippen molar-refractivity contribution >= 4 is 0 Å². The summed E-state index contributed by atoms with van der Waals surface area (Å²) in [6, 6.07) is 6.63. The third-order valence-electron chi connectivity index (χ3n) is 2.22. The van der Waals surface area contributed by atoms with E-state index < -0.39 is 0 Å². The van der Waals surface area contributed by atoms with E-state index in [4.69, 9.17) is 6.42 Å². The van der Waals surface area contributed by atoms with Gasteiger partial charge in [0.05, 0.1) is 6.04 Å². The van der Waals surface area contributed by atoms with Crippen LogP contribution in [0.2, 0.25) is 0 Å². The largest absolute Gasteiger partial charge is 0.300 e. The van der Waals surface area contributed by atoms with Crippen LogP contribution in [0.1, 0.15) is 25.3 Å². The van der Waals surface area contributed by atoms with Crippen LogP contribution in [-0.4, -0.2) is 6.04 Å². The highest BCUT2D eigenvalue weighted by Crippen LogP contribution is 2.04. The van der Waals surface area contributed by atoms with Crippen molar-refractivity contribution in [3.05, 3.63) is 35.6 Å². The summed E-state index contributed by atoms with van der Waals surface area (Å²) in [5.74, 6) is 2.48. The number of nitrogens with one attached hydrogen (secondary N) is 1. The number of hydrogen-bond acceptors (Lipinski definition) is 1. The SMILES string of the molecule is C#CC(CCC)NCc1cccc(F)c1. The first-order valence-electron chi connectivity index (χ1n) is 5.20. The Morgan fingerprint density at radius 3 is 2.93 bits per heavy atom. The summed E-state index contributed by atoms with van der Waals surface area (Å²) in [6.45, 7) is 2.71. The van der Waals surface area contributed by atoms with Crippen LogP contribution < -0.4 is 5.32 Å². The molecule has 2 heteroatoms. The molecular formula is C13H16FN. The van der Waals surface area contributed by atoms with Crippen LogP contribution in [-0.2, 0) is 6.54 Å². The smallest absolute Gasteiger partial charge is 0.123 e. The topological polar surface area (TPSA) is 12.0 Å². The molecule has 0 aromatic heterocycles. The zero-order chi connectivity index (χ0) is 11.1. The van der Waals surface area contributed by atoms with Gasteiger partial charge in [-0.3, -0.25) is 5.32 Å². The fourth-order valence-electron chi connectivity index (χ4n) is 1.42. The first-order valence-corrected chi connectivity index (χ1v) is 5.20. The van der Waals surface area contributed by atoms with Gasteiger partial charge in [0.2, 0.25) is 0 Å². The minimum Gasteiger partial charge on any atom is -0.300 e. The summed E-state index contributed by atoms with van der Waals surface area (Å²) in [7, 11) is 0. The molecule has 1 aromatic rings. The predicted molar refractivity (Wildman–Crippen MR) is 60.8 cm³/mol. The Morgan fingerprint density at radius 1 is 1.53 bits per heavy atom. The van der Waals surface area contributed by atoms with E-state index in [0.29, 0.717) is 6.54 Å². The number of terminal acetylenes is 1. The minimum atomic E-state index is -0.206. The van der Waals surface area contributed by atoms with Gasteiger partial charge in [0, 0.05) is 6.54 Å². The zero-order valence-electron chi connectivity index (χ0n) is 8.96. The van der Waals surface area contributed by atoms with Crippen LogP contribution >= 0.6 is 0 Å². The van der Waals surface area contributed by atoms with Crippen molar-refractivity contribution in [2.24, 2.45) is 0 Å². The third kappa shape index (κ3) is 4.14. The second-order valence-electron chi connectivity index (χ2n) is 3.52. The molecule has 1 aromatic carbocycles. The standard InChI is InChI=1S/C13H16FN/c1-3-6-13(4-2)15-10-11-7-5-8-12(14)9-11/h2,5,7-9,13,15H,3,6,10H2,1H3.